The maximum atomic E-state index is 11.5. The predicted octanol–water partition coefficient (Wildman–Crippen LogP) is 0.0294. The standard InChI is InChI=1S/C13H20N4O3/c1-20-7-6-15-12(18)9-16-13(19)17-11-4-2-10(8-14)3-5-11/h2-5H,6-9,14H2,1H3,(H,15,18)(H2,16,17,19). The Labute approximate surface area is 117 Å². The fraction of sp³-hybridized carbons (Fsp3) is 0.385. The Morgan fingerprint density at radius 2 is 1.90 bits per heavy atom. The summed E-state index contributed by atoms with van der Waals surface area (Å²) in [6.07, 6.45) is 0. The van der Waals surface area contributed by atoms with E-state index in [0.29, 0.717) is 25.4 Å². The quantitative estimate of drug-likeness (QED) is 0.529. The van der Waals surface area contributed by atoms with E-state index in [1.807, 2.05) is 12.1 Å². The maximum Gasteiger partial charge on any atom is 0.319 e. The van der Waals surface area contributed by atoms with Crippen LogP contribution in [0.2, 0.25) is 0 Å². The van der Waals surface area contributed by atoms with Gasteiger partial charge in [0.2, 0.25) is 5.91 Å². The van der Waals surface area contributed by atoms with Crippen molar-refractivity contribution in [1.29, 1.82) is 0 Å². The van der Waals surface area contributed by atoms with E-state index < -0.39 is 6.03 Å². The summed E-state index contributed by atoms with van der Waals surface area (Å²) >= 11 is 0. The van der Waals surface area contributed by atoms with Crippen molar-refractivity contribution in [3.8, 4) is 0 Å². The molecule has 0 aliphatic rings. The summed E-state index contributed by atoms with van der Waals surface area (Å²) in [5, 5.41) is 7.68. The van der Waals surface area contributed by atoms with Gasteiger partial charge in [-0.15, -0.1) is 0 Å². The van der Waals surface area contributed by atoms with E-state index in [4.69, 9.17) is 10.5 Å². The van der Waals surface area contributed by atoms with Gasteiger partial charge in [0.05, 0.1) is 13.2 Å². The smallest absolute Gasteiger partial charge is 0.319 e. The zero-order valence-corrected chi connectivity index (χ0v) is 11.4. The zero-order valence-electron chi connectivity index (χ0n) is 11.4. The van der Waals surface area contributed by atoms with Crippen molar-refractivity contribution >= 4 is 17.6 Å². The zero-order chi connectivity index (χ0) is 14.8. The number of anilines is 1. The van der Waals surface area contributed by atoms with Gasteiger partial charge in [-0.25, -0.2) is 4.79 Å². The van der Waals surface area contributed by atoms with Crippen LogP contribution in [0.4, 0.5) is 10.5 Å². The van der Waals surface area contributed by atoms with Crippen LogP contribution in [0.3, 0.4) is 0 Å². The molecule has 0 aliphatic carbocycles. The summed E-state index contributed by atoms with van der Waals surface area (Å²) in [6, 6.07) is 6.72. The average Bonchev–Trinajstić information content (AvgIpc) is 2.46. The number of urea groups is 1. The van der Waals surface area contributed by atoms with Gasteiger partial charge in [0.1, 0.15) is 0 Å². The molecule has 110 valence electrons. The molecule has 0 aromatic heterocycles. The fourth-order valence-corrected chi connectivity index (χ4v) is 1.42. The molecule has 0 heterocycles. The summed E-state index contributed by atoms with van der Waals surface area (Å²) in [7, 11) is 1.55. The number of hydrogen-bond donors (Lipinski definition) is 4. The van der Waals surface area contributed by atoms with E-state index in [0.717, 1.165) is 5.56 Å². The molecule has 7 nitrogen and oxygen atoms in total. The highest BCUT2D eigenvalue weighted by Crippen LogP contribution is 2.08. The monoisotopic (exact) mass is 280 g/mol. The SMILES string of the molecule is COCCNC(=O)CNC(=O)Nc1ccc(CN)cc1. The first-order valence-corrected chi connectivity index (χ1v) is 6.25. The van der Waals surface area contributed by atoms with Crippen molar-refractivity contribution < 1.29 is 14.3 Å². The number of methoxy groups -OCH3 is 1. The van der Waals surface area contributed by atoms with Gasteiger partial charge < -0.3 is 26.4 Å². The molecule has 0 radical (unpaired) electrons. The highest BCUT2D eigenvalue weighted by atomic mass is 16.5. The third-order valence-corrected chi connectivity index (χ3v) is 2.49. The lowest BCUT2D eigenvalue weighted by atomic mass is 10.2. The third-order valence-electron chi connectivity index (χ3n) is 2.49. The summed E-state index contributed by atoms with van der Waals surface area (Å²) in [6.45, 7) is 1.22. The van der Waals surface area contributed by atoms with Gasteiger partial charge in [0, 0.05) is 25.9 Å². The second-order valence-corrected chi connectivity index (χ2v) is 4.05. The minimum absolute atomic E-state index is 0.0869. The van der Waals surface area contributed by atoms with Gasteiger partial charge in [-0.2, -0.15) is 0 Å². The highest BCUT2D eigenvalue weighted by Gasteiger charge is 2.05. The van der Waals surface area contributed by atoms with Gasteiger partial charge in [0.15, 0.2) is 0 Å². The Morgan fingerprint density at radius 1 is 1.20 bits per heavy atom. The van der Waals surface area contributed by atoms with Gasteiger partial charge >= 0.3 is 6.03 Å². The summed E-state index contributed by atoms with van der Waals surface area (Å²) in [5.41, 5.74) is 7.10. The number of hydrogen-bond acceptors (Lipinski definition) is 4. The number of nitrogens with one attached hydrogen (secondary N) is 3. The van der Waals surface area contributed by atoms with Crippen LogP contribution in [0.5, 0.6) is 0 Å². The number of carbonyl (C=O) groups is 2. The third kappa shape index (κ3) is 6.17. The Hall–Kier alpha value is -2.12. The van der Waals surface area contributed by atoms with E-state index >= 15 is 0 Å². The van der Waals surface area contributed by atoms with Crippen LogP contribution in [-0.4, -0.2) is 38.7 Å². The minimum atomic E-state index is -0.438. The first-order chi connectivity index (χ1) is 9.65. The van der Waals surface area contributed by atoms with Gasteiger partial charge in [0.25, 0.3) is 0 Å². The second kappa shape index (κ2) is 8.89. The molecule has 5 N–H and O–H groups in total. The summed E-state index contributed by atoms with van der Waals surface area (Å²) in [5.74, 6) is -0.268. The van der Waals surface area contributed by atoms with Crippen molar-refractivity contribution in [3.05, 3.63) is 29.8 Å². The topological polar surface area (TPSA) is 105 Å². The van der Waals surface area contributed by atoms with Crippen LogP contribution >= 0.6 is 0 Å². The van der Waals surface area contributed by atoms with E-state index in [9.17, 15) is 9.59 Å². The molecule has 7 heteroatoms. The van der Waals surface area contributed by atoms with Gasteiger partial charge in [-0.1, -0.05) is 12.1 Å². The van der Waals surface area contributed by atoms with Crippen LogP contribution in [-0.2, 0) is 16.1 Å². The van der Waals surface area contributed by atoms with Gasteiger partial charge in [-0.3, -0.25) is 4.79 Å². The van der Waals surface area contributed by atoms with Crippen molar-refractivity contribution in [2.75, 3.05) is 32.1 Å². The summed E-state index contributed by atoms with van der Waals surface area (Å²) < 4.78 is 4.79. The first-order valence-electron chi connectivity index (χ1n) is 6.25. The average molecular weight is 280 g/mol. The molecule has 1 aromatic rings. The molecule has 0 aliphatic heterocycles. The Kier molecular flexibility index (Phi) is 7.08. The summed E-state index contributed by atoms with van der Waals surface area (Å²) in [4.78, 5) is 22.9. The highest BCUT2D eigenvalue weighted by molar-refractivity contribution is 5.92. The van der Waals surface area contributed by atoms with Gasteiger partial charge in [-0.05, 0) is 17.7 Å². The van der Waals surface area contributed by atoms with Crippen molar-refractivity contribution in [2.45, 2.75) is 6.54 Å². The lowest BCUT2D eigenvalue weighted by Crippen LogP contribution is -2.39. The first kappa shape index (κ1) is 15.9. The molecule has 0 fully saturated rings. The molecule has 0 bridgehead atoms. The van der Waals surface area contributed by atoms with Crippen molar-refractivity contribution in [2.24, 2.45) is 5.73 Å². The molecule has 0 spiro atoms. The molecule has 3 amide bonds. The number of carbonyl (C=O) groups excluding carboxylic acids is 2. The van der Waals surface area contributed by atoms with E-state index in [2.05, 4.69) is 16.0 Å². The van der Waals surface area contributed by atoms with E-state index in [1.165, 1.54) is 0 Å². The molecular formula is C13H20N4O3. The lowest BCUT2D eigenvalue weighted by Gasteiger charge is -2.08. The molecule has 1 aromatic carbocycles. The molecular weight excluding hydrogens is 260 g/mol. The van der Waals surface area contributed by atoms with Crippen LogP contribution in [0, 0.1) is 0 Å². The van der Waals surface area contributed by atoms with Crippen molar-refractivity contribution in [1.82, 2.24) is 10.6 Å². The van der Waals surface area contributed by atoms with Crippen LogP contribution < -0.4 is 21.7 Å². The molecule has 0 saturated heterocycles. The van der Waals surface area contributed by atoms with E-state index in [1.54, 1.807) is 19.2 Å². The fourth-order valence-electron chi connectivity index (χ4n) is 1.42. The largest absolute Gasteiger partial charge is 0.383 e. The maximum absolute atomic E-state index is 11.5. The Balaban J connectivity index is 2.27. The number of rotatable bonds is 7. The number of benzene rings is 1. The van der Waals surface area contributed by atoms with Crippen LogP contribution in [0.1, 0.15) is 5.56 Å². The van der Waals surface area contributed by atoms with Crippen LogP contribution in [0.15, 0.2) is 24.3 Å². The molecule has 0 saturated carbocycles. The lowest BCUT2D eigenvalue weighted by molar-refractivity contribution is -0.120. The molecule has 0 atom stereocenters. The normalized spacial score (nSPS) is 9.90. The second-order valence-electron chi connectivity index (χ2n) is 4.05. The number of amides is 3. The van der Waals surface area contributed by atoms with Crippen LogP contribution in [0.25, 0.3) is 0 Å². The minimum Gasteiger partial charge on any atom is -0.383 e. The predicted molar refractivity (Wildman–Crippen MR) is 76.2 cm³/mol. The van der Waals surface area contributed by atoms with E-state index in [-0.39, 0.29) is 12.5 Å². The Bertz CT molecular complexity index is 434. The molecule has 20 heavy (non-hydrogen) atoms. The molecule has 1 rings (SSSR count). The Morgan fingerprint density at radius 3 is 2.50 bits per heavy atom. The number of nitrogens with two attached hydrogens (primary N) is 1. The van der Waals surface area contributed by atoms with Crippen molar-refractivity contribution in [3.63, 3.8) is 0 Å². The number of ether oxygens (including phenoxy) is 1. The molecule has 0 unspecified atom stereocenters.